The van der Waals surface area contributed by atoms with E-state index in [1.54, 1.807) is 13.8 Å². The fourth-order valence-electron chi connectivity index (χ4n) is 3.28. The Kier molecular flexibility index (Phi) is 4.22. The molecule has 2 amide bonds. The van der Waals surface area contributed by atoms with Crippen LogP contribution >= 0.6 is 0 Å². The highest BCUT2D eigenvalue weighted by Crippen LogP contribution is 2.28. The van der Waals surface area contributed by atoms with Gasteiger partial charge >= 0.3 is 12.0 Å². The summed E-state index contributed by atoms with van der Waals surface area (Å²) in [7, 11) is 2.14. The molecule has 2 rings (SSSR count). The molecule has 0 radical (unpaired) electrons. The molecule has 0 aromatic heterocycles. The SMILES string of the molecule is CN1C2CCC1CN(C(=O)NC(C)(C)CC(=O)O)CC2. The summed E-state index contributed by atoms with van der Waals surface area (Å²) in [5.74, 6) is -0.898. The minimum absolute atomic E-state index is 0.0709. The van der Waals surface area contributed by atoms with Crippen LogP contribution in [0.15, 0.2) is 0 Å². The number of nitrogens with one attached hydrogen (secondary N) is 1. The number of carboxylic acid groups (broad SMARTS) is 1. The fraction of sp³-hybridized carbons (Fsp3) is 0.857. The Morgan fingerprint density at radius 2 is 1.90 bits per heavy atom. The molecule has 0 spiro atoms. The average molecular weight is 283 g/mol. The molecule has 2 N–H and O–H groups in total. The van der Waals surface area contributed by atoms with E-state index in [2.05, 4.69) is 17.3 Å². The van der Waals surface area contributed by atoms with Crippen molar-refractivity contribution in [3.05, 3.63) is 0 Å². The van der Waals surface area contributed by atoms with E-state index >= 15 is 0 Å². The van der Waals surface area contributed by atoms with Gasteiger partial charge in [-0.25, -0.2) is 4.79 Å². The minimum Gasteiger partial charge on any atom is -0.481 e. The zero-order valence-corrected chi connectivity index (χ0v) is 12.6. The Labute approximate surface area is 120 Å². The first kappa shape index (κ1) is 15.1. The van der Waals surface area contributed by atoms with Crippen LogP contribution in [0.5, 0.6) is 0 Å². The van der Waals surface area contributed by atoms with Gasteiger partial charge in [-0.2, -0.15) is 0 Å². The van der Waals surface area contributed by atoms with Crippen LogP contribution in [0, 0.1) is 0 Å². The molecule has 2 aliphatic heterocycles. The van der Waals surface area contributed by atoms with Gasteiger partial charge in [0.15, 0.2) is 0 Å². The van der Waals surface area contributed by atoms with Crippen molar-refractivity contribution in [2.45, 2.75) is 57.2 Å². The monoisotopic (exact) mass is 283 g/mol. The molecule has 2 fully saturated rings. The number of aliphatic carboxylic acids is 1. The van der Waals surface area contributed by atoms with E-state index in [1.165, 1.54) is 6.42 Å². The van der Waals surface area contributed by atoms with Crippen molar-refractivity contribution in [3.63, 3.8) is 0 Å². The standard InChI is InChI=1S/C14H25N3O3/c1-14(2,8-12(18)19)15-13(20)17-7-6-10-4-5-11(9-17)16(10)3/h10-11H,4-9H2,1-3H3,(H,15,20)(H,18,19). The third-order valence-electron chi connectivity index (χ3n) is 4.47. The molecule has 2 unspecified atom stereocenters. The number of carbonyl (C=O) groups excluding carboxylic acids is 1. The molecule has 6 heteroatoms. The Morgan fingerprint density at radius 1 is 1.25 bits per heavy atom. The van der Waals surface area contributed by atoms with Crippen molar-refractivity contribution in [2.75, 3.05) is 20.1 Å². The lowest BCUT2D eigenvalue weighted by Crippen LogP contribution is -2.52. The van der Waals surface area contributed by atoms with Crippen molar-refractivity contribution in [2.24, 2.45) is 0 Å². The Morgan fingerprint density at radius 3 is 2.55 bits per heavy atom. The van der Waals surface area contributed by atoms with Crippen LogP contribution < -0.4 is 5.32 Å². The van der Waals surface area contributed by atoms with E-state index in [9.17, 15) is 9.59 Å². The van der Waals surface area contributed by atoms with Gasteiger partial charge in [0.1, 0.15) is 0 Å². The van der Waals surface area contributed by atoms with Crippen molar-refractivity contribution < 1.29 is 14.7 Å². The van der Waals surface area contributed by atoms with Crippen molar-refractivity contribution in [1.29, 1.82) is 0 Å². The molecular formula is C14H25N3O3. The lowest BCUT2D eigenvalue weighted by Gasteiger charge is -2.31. The average Bonchev–Trinajstić information content (AvgIpc) is 2.49. The van der Waals surface area contributed by atoms with Crippen molar-refractivity contribution >= 4 is 12.0 Å². The molecule has 2 saturated heterocycles. The van der Waals surface area contributed by atoms with Gasteiger partial charge < -0.3 is 15.3 Å². The van der Waals surface area contributed by atoms with Gasteiger partial charge in [-0.05, 0) is 40.2 Å². The summed E-state index contributed by atoms with van der Waals surface area (Å²) in [5, 5.41) is 11.7. The summed E-state index contributed by atoms with van der Waals surface area (Å²) in [6.45, 7) is 4.98. The summed E-state index contributed by atoms with van der Waals surface area (Å²) >= 11 is 0. The van der Waals surface area contributed by atoms with Crippen LogP contribution in [0.2, 0.25) is 0 Å². The van der Waals surface area contributed by atoms with E-state index in [0.29, 0.717) is 12.1 Å². The number of carbonyl (C=O) groups is 2. The maximum atomic E-state index is 12.3. The highest BCUT2D eigenvalue weighted by molar-refractivity contribution is 5.76. The molecule has 0 aromatic carbocycles. The largest absolute Gasteiger partial charge is 0.481 e. The molecule has 0 saturated carbocycles. The Balaban J connectivity index is 1.94. The number of likely N-dealkylation sites (tertiary alicyclic amines) is 1. The van der Waals surface area contributed by atoms with Crippen LogP contribution in [-0.4, -0.2) is 64.7 Å². The zero-order valence-electron chi connectivity index (χ0n) is 12.6. The molecule has 2 heterocycles. The summed E-state index contributed by atoms with van der Waals surface area (Å²) in [5.41, 5.74) is -0.722. The maximum Gasteiger partial charge on any atom is 0.317 e. The number of hydrogen-bond donors (Lipinski definition) is 2. The molecule has 2 bridgehead atoms. The van der Waals surface area contributed by atoms with Gasteiger partial charge in [0.25, 0.3) is 0 Å². The van der Waals surface area contributed by atoms with Crippen LogP contribution in [0.3, 0.4) is 0 Å². The van der Waals surface area contributed by atoms with Crippen LogP contribution in [0.4, 0.5) is 4.79 Å². The highest BCUT2D eigenvalue weighted by Gasteiger charge is 2.37. The van der Waals surface area contributed by atoms with E-state index in [0.717, 1.165) is 25.9 Å². The normalized spacial score (nSPS) is 27.2. The maximum absolute atomic E-state index is 12.3. The molecular weight excluding hydrogens is 258 g/mol. The van der Waals surface area contributed by atoms with Gasteiger partial charge in [0.05, 0.1) is 6.42 Å². The summed E-state index contributed by atoms with van der Waals surface area (Å²) in [4.78, 5) is 27.4. The molecule has 114 valence electrons. The first-order valence-corrected chi connectivity index (χ1v) is 7.29. The molecule has 0 aromatic rings. The Hall–Kier alpha value is -1.30. The summed E-state index contributed by atoms with van der Waals surface area (Å²) in [6.07, 6.45) is 3.29. The number of likely N-dealkylation sites (N-methyl/N-ethyl adjacent to an activating group) is 1. The number of hydrogen-bond acceptors (Lipinski definition) is 3. The second kappa shape index (κ2) is 5.60. The molecule has 20 heavy (non-hydrogen) atoms. The minimum atomic E-state index is -0.898. The van der Waals surface area contributed by atoms with Gasteiger partial charge in [0, 0.05) is 30.7 Å². The van der Waals surface area contributed by atoms with E-state index in [4.69, 9.17) is 5.11 Å². The van der Waals surface area contributed by atoms with E-state index in [-0.39, 0.29) is 12.5 Å². The smallest absolute Gasteiger partial charge is 0.317 e. The quantitative estimate of drug-likeness (QED) is 0.814. The predicted molar refractivity (Wildman–Crippen MR) is 75.6 cm³/mol. The number of fused-ring (bicyclic) bond motifs is 2. The molecule has 2 aliphatic rings. The van der Waals surface area contributed by atoms with Crippen LogP contribution in [-0.2, 0) is 4.79 Å². The number of amides is 2. The van der Waals surface area contributed by atoms with Gasteiger partial charge in [0.2, 0.25) is 0 Å². The summed E-state index contributed by atoms with van der Waals surface area (Å²) in [6, 6.07) is 0.887. The first-order chi connectivity index (χ1) is 9.28. The zero-order chi connectivity index (χ0) is 14.9. The van der Waals surface area contributed by atoms with Crippen LogP contribution in [0.25, 0.3) is 0 Å². The van der Waals surface area contributed by atoms with Gasteiger partial charge in [-0.3, -0.25) is 9.69 Å². The fourth-order valence-corrected chi connectivity index (χ4v) is 3.28. The van der Waals surface area contributed by atoms with Gasteiger partial charge in [-0.1, -0.05) is 0 Å². The third kappa shape index (κ3) is 3.42. The lowest BCUT2D eigenvalue weighted by molar-refractivity contribution is -0.138. The second-order valence-electron chi connectivity index (χ2n) is 6.67. The molecule has 6 nitrogen and oxygen atoms in total. The van der Waals surface area contributed by atoms with Crippen LogP contribution in [0.1, 0.15) is 39.5 Å². The number of urea groups is 1. The number of rotatable bonds is 3. The van der Waals surface area contributed by atoms with E-state index < -0.39 is 11.5 Å². The van der Waals surface area contributed by atoms with E-state index in [1.807, 2.05) is 4.90 Å². The van der Waals surface area contributed by atoms with Crippen molar-refractivity contribution in [1.82, 2.24) is 15.1 Å². The van der Waals surface area contributed by atoms with Gasteiger partial charge in [-0.15, -0.1) is 0 Å². The first-order valence-electron chi connectivity index (χ1n) is 7.29. The molecule has 2 atom stereocenters. The third-order valence-corrected chi connectivity index (χ3v) is 4.47. The predicted octanol–water partition coefficient (Wildman–Crippen LogP) is 1.12. The van der Waals surface area contributed by atoms with Crippen molar-refractivity contribution in [3.8, 4) is 0 Å². The number of nitrogens with zero attached hydrogens (tertiary/aromatic N) is 2. The topological polar surface area (TPSA) is 72.9 Å². The lowest BCUT2D eigenvalue weighted by atomic mass is 10.0. The Bertz CT molecular complexity index is 397. The number of carboxylic acids is 1. The second-order valence-corrected chi connectivity index (χ2v) is 6.67. The molecule has 0 aliphatic carbocycles. The summed E-state index contributed by atoms with van der Waals surface area (Å²) < 4.78 is 0. The highest BCUT2D eigenvalue weighted by atomic mass is 16.4.